The highest BCUT2D eigenvalue weighted by atomic mass is 16.5. The molecule has 2 nitrogen and oxygen atoms in total. The molecule has 2 atom stereocenters. The molecular weight excluding hydrogens is 176 g/mol. The van der Waals surface area contributed by atoms with Crippen LogP contribution >= 0.6 is 0 Å². The van der Waals surface area contributed by atoms with Crippen LogP contribution in [0.15, 0.2) is 0 Å². The van der Waals surface area contributed by atoms with Crippen LogP contribution in [0, 0.1) is 5.92 Å². The van der Waals surface area contributed by atoms with Crippen LogP contribution in [0.25, 0.3) is 0 Å². The fraction of sp³-hybridized carbons (Fsp3) is 0.917. The fourth-order valence-electron chi connectivity index (χ4n) is 2.15. The predicted octanol–water partition coefficient (Wildman–Crippen LogP) is 2.95. The average Bonchev–Trinajstić information content (AvgIpc) is 2.65. The summed E-state index contributed by atoms with van der Waals surface area (Å²) in [5, 5.41) is 0. The lowest BCUT2D eigenvalue weighted by Gasteiger charge is -2.15. The number of ether oxygens (including phenoxy) is 1. The Balaban J connectivity index is 2.28. The summed E-state index contributed by atoms with van der Waals surface area (Å²) >= 11 is 0. The zero-order valence-electron chi connectivity index (χ0n) is 9.42. The Morgan fingerprint density at radius 2 is 2.14 bits per heavy atom. The van der Waals surface area contributed by atoms with Crippen LogP contribution in [0.5, 0.6) is 0 Å². The number of hydrogen-bond donors (Lipinski definition) is 0. The lowest BCUT2D eigenvalue weighted by Crippen LogP contribution is -2.23. The van der Waals surface area contributed by atoms with Gasteiger partial charge >= 0.3 is 0 Å². The summed E-state index contributed by atoms with van der Waals surface area (Å²) in [5.41, 5.74) is 0. The first-order valence-electron chi connectivity index (χ1n) is 5.93. The van der Waals surface area contributed by atoms with Gasteiger partial charge < -0.3 is 4.74 Å². The van der Waals surface area contributed by atoms with E-state index in [-0.39, 0.29) is 12.0 Å². The third kappa shape index (κ3) is 3.09. The van der Waals surface area contributed by atoms with Gasteiger partial charge in [0.25, 0.3) is 0 Å². The van der Waals surface area contributed by atoms with E-state index < -0.39 is 0 Å². The predicted molar refractivity (Wildman–Crippen MR) is 57.3 cm³/mol. The van der Waals surface area contributed by atoms with Crippen molar-refractivity contribution in [1.82, 2.24) is 0 Å². The molecule has 82 valence electrons. The van der Waals surface area contributed by atoms with E-state index in [2.05, 4.69) is 13.8 Å². The summed E-state index contributed by atoms with van der Waals surface area (Å²) in [6.45, 7) is 5.04. The summed E-state index contributed by atoms with van der Waals surface area (Å²) in [4.78, 5) is 11.8. The molecule has 1 rings (SSSR count). The molecule has 2 heteroatoms. The van der Waals surface area contributed by atoms with E-state index in [1.165, 1.54) is 12.8 Å². The number of Topliss-reactive ketones (excluding diaryl/α,β-unsaturated/α-hetero) is 1. The van der Waals surface area contributed by atoms with Crippen LogP contribution in [0.2, 0.25) is 0 Å². The van der Waals surface area contributed by atoms with Crippen LogP contribution in [0.3, 0.4) is 0 Å². The topological polar surface area (TPSA) is 26.3 Å². The first-order valence-corrected chi connectivity index (χ1v) is 5.93. The van der Waals surface area contributed by atoms with Crippen LogP contribution in [0.1, 0.15) is 52.4 Å². The maximum atomic E-state index is 11.8. The third-order valence-electron chi connectivity index (χ3n) is 3.05. The van der Waals surface area contributed by atoms with Crippen LogP contribution in [-0.4, -0.2) is 18.5 Å². The van der Waals surface area contributed by atoms with E-state index in [9.17, 15) is 4.79 Å². The zero-order chi connectivity index (χ0) is 10.4. The minimum atomic E-state index is 0.205. The smallest absolute Gasteiger partial charge is 0.138 e. The number of carbonyl (C=O) groups is 1. The highest BCUT2D eigenvalue weighted by molar-refractivity contribution is 5.81. The molecule has 0 bridgehead atoms. The van der Waals surface area contributed by atoms with Gasteiger partial charge in [-0.15, -0.1) is 0 Å². The highest BCUT2D eigenvalue weighted by Crippen LogP contribution is 2.25. The van der Waals surface area contributed by atoms with Crippen molar-refractivity contribution in [3.05, 3.63) is 0 Å². The molecule has 0 amide bonds. The molecule has 1 fully saturated rings. The van der Waals surface area contributed by atoms with E-state index in [0.717, 1.165) is 32.3 Å². The normalized spacial score (nSPS) is 26.7. The third-order valence-corrected chi connectivity index (χ3v) is 3.05. The van der Waals surface area contributed by atoms with Gasteiger partial charge in [0.2, 0.25) is 0 Å². The van der Waals surface area contributed by atoms with Crippen molar-refractivity contribution in [1.29, 1.82) is 0 Å². The molecule has 0 aliphatic carbocycles. The van der Waals surface area contributed by atoms with Gasteiger partial charge in [0.15, 0.2) is 0 Å². The molecule has 0 aromatic heterocycles. The Kier molecular flexibility index (Phi) is 5.16. The van der Waals surface area contributed by atoms with Crippen molar-refractivity contribution in [3.63, 3.8) is 0 Å². The van der Waals surface area contributed by atoms with Crippen molar-refractivity contribution in [2.24, 2.45) is 5.92 Å². The standard InChI is InChI=1S/C12H22O2/c1-3-5-6-7-11(13)10-8-9-14-12(10)4-2/h10,12H,3-9H2,1-2H3. The minimum Gasteiger partial charge on any atom is -0.377 e. The second-order valence-corrected chi connectivity index (χ2v) is 4.14. The Morgan fingerprint density at radius 3 is 2.79 bits per heavy atom. The van der Waals surface area contributed by atoms with Crippen LogP contribution in [-0.2, 0) is 9.53 Å². The van der Waals surface area contributed by atoms with E-state index in [1.807, 2.05) is 0 Å². The second-order valence-electron chi connectivity index (χ2n) is 4.14. The molecule has 1 aliphatic heterocycles. The van der Waals surface area contributed by atoms with E-state index in [0.29, 0.717) is 5.78 Å². The van der Waals surface area contributed by atoms with Crippen LogP contribution < -0.4 is 0 Å². The highest BCUT2D eigenvalue weighted by Gasteiger charge is 2.31. The molecule has 0 aromatic carbocycles. The van der Waals surface area contributed by atoms with Gasteiger partial charge in [0.1, 0.15) is 5.78 Å². The molecule has 0 aromatic rings. The number of carbonyl (C=O) groups excluding carboxylic acids is 1. The number of rotatable bonds is 6. The maximum absolute atomic E-state index is 11.8. The largest absolute Gasteiger partial charge is 0.377 e. The molecule has 0 spiro atoms. The number of ketones is 1. The summed E-state index contributed by atoms with van der Waals surface area (Å²) < 4.78 is 5.52. The van der Waals surface area contributed by atoms with E-state index in [1.54, 1.807) is 0 Å². The molecule has 2 unspecified atom stereocenters. The molecular formula is C12H22O2. The Bertz CT molecular complexity index is 177. The molecule has 1 saturated heterocycles. The van der Waals surface area contributed by atoms with E-state index >= 15 is 0 Å². The minimum absolute atomic E-state index is 0.205. The fourth-order valence-corrected chi connectivity index (χ4v) is 2.15. The SMILES string of the molecule is CCCCCC(=O)C1CCOC1CC. The molecule has 1 heterocycles. The van der Waals surface area contributed by atoms with Gasteiger partial charge in [-0.2, -0.15) is 0 Å². The molecule has 0 saturated carbocycles. The summed E-state index contributed by atoms with van der Waals surface area (Å²) in [6.07, 6.45) is 6.32. The first-order chi connectivity index (χ1) is 6.79. The van der Waals surface area contributed by atoms with Gasteiger partial charge in [0.05, 0.1) is 6.10 Å². The Hall–Kier alpha value is -0.370. The second kappa shape index (κ2) is 6.18. The van der Waals surface area contributed by atoms with E-state index in [4.69, 9.17) is 4.74 Å². The van der Waals surface area contributed by atoms with Gasteiger partial charge in [0, 0.05) is 18.9 Å². The zero-order valence-corrected chi connectivity index (χ0v) is 9.42. The average molecular weight is 198 g/mol. The summed E-state index contributed by atoms with van der Waals surface area (Å²) in [7, 11) is 0. The summed E-state index contributed by atoms with van der Waals surface area (Å²) in [6, 6.07) is 0. The lowest BCUT2D eigenvalue weighted by molar-refractivity contribution is -0.124. The van der Waals surface area contributed by atoms with Gasteiger partial charge in [-0.25, -0.2) is 0 Å². The molecule has 0 N–H and O–H groups in total. The van der Waals surface area contributed by atoms with Gasteiger partial charge in [-0.3, -0.25) is 4.79 Å². The van der Waals surface area contributed by atoms with Crippen molar-refractivity contribution in [2.45, 2.75) is 58.5 Å². The van der Waals surface area contributed by atoms with Gasteiger partial charge in [-0.1, -0.05) is 26.7 Å². The monoisotopic (exact) mass is 198 g/mol. The van der Waals surface area contributed by atoms with Crippen molar-refractivity contribution >= 4 is 5.78 Å². The summed E-state index contributed by atoms with van der Waals surface area (Å²) in [5.74, 6) is 0.639. The maximum Gasteiger partial charge on any atom is 0.138 e. The van der Waals surface area contributed by atoms with Gasteiger partial charge in [-0.05, 0) is 19.3 Å². The van der Waals surface area contributed by atoms with Crippen molar-refractivity contribution in [3.8, 4) is 0 Å². The quantitative estimate of drug-likeness (QED) is 0.613. The molecule has 14 heavy (non-hydrogen) atoms. The lowest BCUT2D eigenvalue weighted by atomic mass is 9.92. The van der Waals surface area contributed by atoms with Crippen molar-refractivity contribution < 1.29 is 9.53 Å². The first kappa shape index (κ1) is 11.7. The van der Waals surface area contributed by atoms with Crippen LogP contribution in [0.4, 0.5) is 0 Å². The number of hydrogen-bond acceptors (Lipinski definition) is 2. The Labute approximate surface area is 87.0 Å². The van der Waals surface area contributed by atoms with Crippen molar-refractivity contribution in [2.75, 3.05) is 6.61 Å². The molecule has 0 radical (unpaired) electrons. The Morgan fingerprint density at radius 1 is 1.36 bits per heavy atom. The molecule has 1 aliphatic rings. The number of unbranched alkanes of at least 4 members (excludes halogenated alkanes) is 2.